The normalized spacial score (nSPS) is 16.2. The van der Waals surface area contributed by atoms with Gasteiger partial charge in [-0.25, -0.2) is 4.39 Å². The number of piperidine rings is 1. The number of ketones is 1. The van der Waals surface area contributed by atoms with Crippen LogP contribution in [0.1, 0.15) is 42.1 Å². The maximum Gasteiger partial charge on any atom is 0.270 e. The molecule has 0 bridgehead atoms. The van der Waals surface area contributed by atoms with E-state index in [4.69, 9.17) is 11.6 Å². The molecule has 4 rings (SSSR count). The topological polar surface area (TPSA) is 90.9 Å². The standard InChI is InChI=1S/C28H30ClFN4O3/c1-2-34-13-10-19(11-14-34)17-32-28(37)26-23(9-12-31-26)27(36)33-21-6-3-18(4-7-21)15-25(35)22-8-5-20(30)16-24(22)29/h3-8,12,16,19H,2,9-11,13-15,17H2,1H3,(H,32,37)(H,33,36). The van der Waals surface area contributed by atoms with Crippen molar-refractivity contribution >= 4 is 41.1 Å². The van der Waals surface area contributed by atoms with E-state index in [1.54, 1.807) is 30.5 Å². The van der Waals surface area contributed by atoms with Crippen LogP contribution < -0.4 is 10.6 Å². The summed E-state index contributed by atoms with van der Waals surface area (Å²) in [5.41, 5.74) is 1.98. The van der Waals surface area contributed by atoms with Crippen LogP contribution in [-0.2, 0) is 16.0 Å². The number of benzene rings is 2. The summed E-state index contributed by atoms with van der Waals surface area (Å²) in [7, 11) is 0. The van der Waals surface area contributed by atoms with Gasteiger partial charge in [0.1, 0.15) is 11.5 Å². The summed E-state index contributed by atoms with van der Waals surface area (Å²) >= 11 is 5.99. The van der Waals surface area contributed by atoms with Crippen LogP contribution in [0.3, 0.4) is 0 Å². The molecule has 0 saturated carbocycles. The molecule has 0 aliphatic carbocycles. The van der Waals surface area contributed by atoms with Gasteiger partial charge in [0.25, 0.3) is 11.8 Å². The van der Waals surface area contributed by atoms with Gasteiger partial charge in [-0.3, -0.25) is 19.4 Å². The van der Waals surface area contributed by atoms with Gasteiger partial charge in [-0.15, -0.1) is 0 Å². The summed E-state index contributed by atoms with van der Waals surface area (Å²) < 4.78 is 13.2. The molecular formula is C28H30ClFN4O3. The predicted octanol–water partition coefficient (Wildman–Crippen LogP) is 4.42. The van der Waals surface area contributed by atoms with Crippen molar-refractivity contribution in [2.45, 2.75) is 32.6 Å². The lowest BCUT2D eigenvalue weighted by molar-refractivity contribution is -0.118. The molecule has 0 atom stereocenters. The van der Waals surface area contributed by atoms with Crippen LogP contribution in [0, 0.1) is 11.7 Å². The summed E-state index contributed by atoms with van der Waals surface area (Å²) in [6.07, 6.45) is 4.03. The van der Waals surface area contributed by atoms with Gasteiger partial charge in [-0.05, 0) is 74.3 Å². The SMILES string of the molecule is CCN1CCC(CNC(=O)C2=C(C(=O)Nc3ccc(CC(=O)c4ccc(F)cc4Cl)cc3)CC=N2)CC1. The average molecular weight is 525 g/mol. The number of halogens is 2. The molecule has 9 heteroatoms. The van der Waals surface area contributed by atoms with Crippen LogP contribution in [0.25, 0.3) is 0 Å². The third-order valence-corrected chi connectivity index (χ3v) is 7.12. The highest BCUT2D eigenvalue weighted by Gasteiger charge is 2.25. The summed E-state index contributed by atoms with van der Waals surface area (Å²) in [6, 6.07) is 10.5. The molecule has 7 nitrogen and oxygen atoms in total. The Labute approximate surface area is 220 Å². The van der Waals surface area contributed by atoms with E-state index in [0.29, 0.717) is 23.7 Å². The van der Waals surface area contributed by atoms with E-state index in [1.807, 2.05) is 0 Å². The van der Waals surface area contributed by atoms with Gasteiger partial charge in [-0.2, -0.15) is 0 Å². The molecular weight excluding hydrogens is 495 g/mol. The number of Topliss-reactive ketones (excluding diaryl/α,β-unsaturated/α-hetero) is 1. The zero-order valence-electron chi connectivity index (χ0n) is 20.7. The maximum absolute atomic E-state index is 13.2. The second kappa shape index (κ2) is 12.3. The van der Waals surface area contributed by atoms with Crippen LogP contribution in [0.2, 0.25) is 5.02 Å². The Kier molecular flexibility index (Phi) is 8.84. The van der Waals surface area contributed by atoms with Crippen LogP contribution in [0.5, 0.6) is 0 Å². The molecule has 2 aromatic rings. The minimum atomic E-state index is -0.502. The molecule has 194 valence electrons. The number of nitrogens with zero attached hydrogens (tertiary/aromatic N) is 2. The zero-order valence-corrected chi connectivity index (χ0v) is 21.5. The Morgan fingerprint density at radius 2 is 1.81 bits per heavy atom. The van der Waals surface area contributed by atoms with Crippen molar-refractivity contribution in [1.29, 1.82) is 0 Å². The monoisotopic (exact) mass is 524 g/mol. The Hall–Kier alpha value is -3.36. The van der Waals surface area contributed by atoms with Gasteiger partial charge in [0.15, 0.2) is 5.78 Å². The number of nitrogens with one attached hydrogen (secondary N) is 2. The number of amides is 2. The van der Waals surface area contributed by atoms with E-state index < -0.39 is 5.82 Å². The Balaban J connectivity index is 1.32. The average Bonchev–Trinajstić information content (AvgIpc) is 3.39. The first-order valence-electron chi connectivity index (χ1n) is 12.5. The van der Waals surface area contributed by atoms with Gasteiger partial charge in [0.05, 0.1) is 10.6 Å². The number of carbonyl (C=O) groups excluding carboxylic acids is 3. The van der Waals surface area contributed by atoms with E-state index in [1.165, 1.54) is 12.1 Å². The highest BCUT2D eigenvalue weighted by molar-refractivity contribution is 6.34. The number of anilines is 1. The molecule has 2 heterocycles. The lowest BCUT2D eigenvalue weighted by Gasteiger charge is -2.31. The fourth-order valence-corrected chi connectivity index (χ4v) is 4.81. The molecule has 1 fully saturated rings. The van der Waals surface area contributed by atoms with Crippen molar-refractivity contribution in [2.24, 2.45) is 10.9 Å². The smallest absolute Gasteiger partial charge is 0.270 e. The third-order valence-electron chi connectivity index (χ3n) is 6.80. The number of likely N-dealkylation sites (tertiary alicyclic amines) is 1. The highest BCUT2D eigenvalue weighted by atomic mass is 35.5. The van der Waals surface area contributed by atoms with Gasteiger partial charge < -0.3 is 15.5 Å². The number of hydrogen-bond donors (Lipinski definition) is 2. The van der Waals surface area contributed by atoms with Gasteiger partial charge in [0, 0.05) is 36.9 Å². The largest absolute Gasteiger partial charge is 0.350 e. The minimum absolute atomic E-state index is 0.0719. The molecule has 1 saturated heterocycles. The summed E-state index contributed by atoms with van der Waals surface area (Å²) in [4.78, 5) is 44.7. The number of rotatable bonds is 9. The first-order valence-corrected chi connectivity index (χ1v) is 12.9. The fraction of sp³-hybridized carbons (Fsp3) is 0.357. The molecule has 2 N–H and O–H groups in total. The molecule has 0 aromatic heterocycles. The number of carbonyl (C=O) groups is 3. The molecule has 2 amide bonds. The maximum atomic E-state index is 13.2. The Bertz CT molecular complexity index is 1230. The number of hydrogen-bond acceptors (Lipinski definition) is 5. The lowest BCUT2D eigenvalue weighted by atomic mass is 9.97. The fourth-order valence-electron chi connectivity index (χ4n) is 4.53. The van der Waals surface area contributed by atoms with E-state index in [2.05, 4.69) is 27.4 Å². The van der Waals surface area contributed by atoms with Crippen molar-refractivity contribution < 1.29 is 18.8 Å². The van der Waals surface area contributed by atoms with Crippen LogP contribution in [0.4, 0.5) is 10.1 Å². The Morgan fingerprint density at radius 3 is 2.49 bits per heavy atom. The first-order chi connectivity index (χ1) is 17.8. The first kappa shape index (κ1) is 26.7. The van der Waals surface area contributed by atoms with Gasteiger partial charge >= 0.3 is 0 Å². The molecule has 0 unspecified atom stereocenters. The van der Waals surface area contributed by atoms with Crippen molar-refractivity contribution in [2.75, 3.05) is 31.5 Å². The van der Waals surface area contributed by atoms with Crippen LogP contribution in [0.15, 0.2) is 58.7 Å². The molecule has 0 radical (unpaired) electrons. The van der Waals surface area contributed by atoms with Crippen molar-refractivity contribution in [3.8, 4) is 0 Å². The van der Waals surface area contributed by atoms with Gasteiger partial charge in [-0.1, -0.05) is 30.7 Å². The van der Waals surface area contributed by atoms with Gasteiger partial charge in [0.2, 0.25) is 0 Å². The molecule has 37 heavy (non-hydrogen) atoms. The minimum Gasteiger partial charge on any atom is -0.350 e. The molecule has 2 aliphatic rings. The van der Waals surface area contributed by atoms with Crippen molar-refractivity contribution in [3.63, 3.8) is 0 Å². The Morgan fingerprint density at radius 1 is 1.08 bits per heavy atom. The van der Waals surface area contributed by atoms with E-state index in [0.717, 1.165) is 44.1 Å². The molecule has 2 aliphatic heterocycles. The van der Waals surface area contributed by atoms with Crippen LogP contribution >= 0.6 is 11.6 Å². The third kappa shape index (κ3) is 6.90. The quantitative estimate of drug-likeness (QED) is 0.475. The summed E-state index contributed by atoms with van der Waals surface area (Å²) in [5, 5.41) is 5.83. The second-order valence-electron chi connectivity index (χ2n) is 9.31. The molecule has 2 aromatic carbocycles. The van der Waals surface area contributed by atoms with Crippen molar-refractivity contribution in [1.82, 2.24) is 10.2 Å². The lowest BCUT2D eigenvalue weighted by Crippen LogP contribution is -2.38. The van der Waals surface area contributed by atoms with Crippen LogP contribution in [-0.4, -0.2) is 54.9 Å². The predicted molar refractivity (Wildman–Crippen MR) is 142 cm³/mol. The number of aliphatic imine (C=N–C) groups is 1. The highest BCUT2D eigenvalue weighted by Crippen LogP contribution is 2.22. The molecule has 0 spiro atoms. The zero-order chi connectivity index (χ0) is 26.4. The van der Waals surface area contributed by atoms with E-state index in [-0.39, 0.29) is 46.7 Å². The summed E-state index contributed by atoms with van der Waals surface area (Å²) in [6.45, 7) is 5.86. The van der Waals surface area contributed by atoms with Crippen molar-refractivity contribution in [3.05, 3.63) is 75.7 Å². The summed E-state index contributed by atoms with van der Waals surface area (Å²) in [5.74, 6) is -1.02. The van der Waals surface area contributed by atoms with E-state index in [9.17, 15) is 18.8 Å². The van der Waals surface area contributed by atoms with E-state index >= 15 is 0 Å². The second-order valence-corrected chi connectivity index (χ2v) is 9.71.